The minimum atomic E-state index is 0.320. The first-order chi connectivity index (χ1) is 10.1. The fraction of sp³-hybridized carbons (Fsp3) is 0.267. The van der Waals surface area contributed by atoms with Gasteiger partial charge in [0.1, 0.15) is 18.2 Å². The van der Waals surface area contributed by atoms with Crippen LogP contribution in [-0.4, -0.2) is 11.5 Å². The standard InChI is InChI=1S/C15H15Br2ClN2O/c1-2-7-19-15-6-4-12(18)13(20-15)9-21-14-5-3-10(16)8-11(14)17/h3-6,8H,2,7,9H2,1H3,(H,19,20). The highest BCUT2D eigenvalue weighted by Gasteiger charge is 2.07. The van der Waals surface area contributed by atoms with Crippen molar-refractivity contribution in [3.8, 4) is 5.75 Å². The normalized spacial score (nSPS) is 10.5. The summed E-state index contributed by atoms with van der Waals surface area (Å²) < 4.78 is 7.65. The van der Waals surface area contributed by atoms with Crippen molar-refractivity contribution in [3.63, 3.8) is 0 Å². The lowest BCUT2D eigenvalue weighted by molar-refractivity contribution is 0.299. The second-order valence-corrected chi connectivity index (χ2v) is 6.59. The average Bonchev–Trinajstić information content (AvgIpc) is 2.46. The Morgan fingerprint density at radius 2 is 2.05 bits per heavy atom. The summed E-state index contributed by atoms with van der Waals surface area (Å²) in [5.74, 6) is 1.57. The Balaban J connectivity index is 2.08. The van der Waals surface area contributed by atoms with Crippen LogP contribution in [0.5, 0.6) is 5.75 Å². The molecular weight excluding hydrogens is 419 g/mol. The van der Waals surface area contributed by atoms with E-state index >= 15 is 0 Å². The van der Waals surface area contributed by atoms with Crippen LogP contribution in [0.1, 0.15) is 19.0 Å². The number of nitrogens with one attached hydrogen (secondary N) is 1. The third kappa shape index (κ3) is 4.87. The zero-order valence-electron chi connectivity index (χ0n) is 11.5. The van der Waals surface area contributed by atoms with Crippen LogP contribution in [0.4, 0.5) is 5.82 Å². The van der Waals surface area contributed by atoms with E-state index in [1.54, 1.807) is 0 Å². The van der Waals surface area contributed by atoms with Crippen LogP contribution in [0.2, 0.25) is 5.02 Å². The molecule has 0 radical (unpaired) electrons. The van der Waals surface area contributed by atoms with E-state index in [4.69, 9.17) is 16.3 Å². The highest BCUT2D eigenvalue weighted by atomic mass is 79.9. The van der Waals surface area contributed by atoms with Crippen molar-refractivity contribution in [1.82, 2.24) is 4.98 Å². The number of anilines is 1. The van der Waals surface area contributed by atoms with Crippen molar-refractivity contribution in [2.45, 2.75) is 20.0 Å². The number of pyridine rings is 1. The number of hydrogen-bond donors (Lipinski definition) is 1. The minimum absolute atomic E-state index is 0.320. The molecule has 0 atom stereocenters. The Morgan fingerprint density at radius 3 is 2.76 bits per heavy atom. The first-order valence-corrected chi connectivity index (χ1v) is 8.53. The van der Waals surface area contributed by atoms with E-state index < -0.39 is 0 Å². The molecule has 0 aliphatic carbocycles. The predicted molar refractivity (Wildman–Crippen MR) is 94.2 cm³/mol. The van der Waals surface area contributed by atoms with Crippen molar-refractivity contribution in [3.05, 3.63) is 50.0 Å². The van der Waals surface area contributed by atoms with Gasteiger partial charge in [-0.05, 0) is 52.7 Å². The van der Waals surface area contributed by atoms with Crippen molar-refractivity contribution >= 4 is 49.3 Å². The van der Waals surface area contributed by atoms with Gasteiger partial charge in [0.25, 0.3) is 0 Å². The molecule has 1 aromatic heterocycles. The highest BCUT2D eigenvalue weighted by molar-refractivity contribution is 9.11. The van der Waals surface area contributed by atoms with Gasteiger partial charge in [-0.25, -0.2) is 4.98 Å². The fourth-order valence-electron chi connectivity index (χ4n) is 1.68. The van der Waals surface area contributed by atoms with Crippen molar-refractivity contribution in [1.29, 1.82) is 0 Å². The number of aromatic nitrogens is 1. The quantitative estimate of drug-likeness (QED) is 0.637. The van der Waals surface area contributed by atoms with E-state index in [0.717, 1.165) is 33.5 Å². The van der Waals surface area contributed by atoms with Gasteiger partial charge in [0.2, 0.25) is 0 Å². The van der Waals surface area contributed by atoms with Gasteiger partial charge in [0.05, 0.1) is 15.2 Å². The maximum Gasteiger partial charge on any atom is 0.134 e. The SMILES string of the molecule is CCCNc1ccc(Cl)c(COc2ccc(Br)cc2Br)n1. The number of nitrogens with zero attached hydrogens (tertiary/aromatic N) is 1. The van der Waals surface area contributed by atoms with Crippen LogP contribution in [0.3, 0.4) is 0 Å². The molecule has 0 unspecified atom stereocenters. The summed E-state index contributed by atoms with van der Waals surface area (Å²) in [4.78, 5) is 4.48. The molecule has 0 aliphatic rings. The number of hydrogen-bond acceptors (Lipinski definition) is 3. The topological polar surface area (TPSA) is 34.1 Å². The molecule has 1 aromatic carbocycles. The first-order valence-electron chi connectivity index (χ1n) is 6.57. The molecule has 0 saturated carbocycles. The molecule has 0 spiro atoms. The van der Waals surface area contributed by atoms with E-state index in [1.165, 1.54) is 0 Å². The van der Waals surface area contributed by atoms with Gasteiger partial charge in [-0.3, -0.25) is 0 Å². The Hall–Kier alpha value is -0.780. The van der Waals surface area contributed by atoms with Gasteiger partial charge in [0, 0.05) is 11.0 Å². The van der Waals surface area contributed by atoms with Crippen LogP contribution in [0.15, 0.2) is 39.3 Å². The largest absolute Gasteiger partial charge is 0.486 e. The second-order valence-electron chi connectivity index (χ2n) is 4.42. The maximum absolute atomic E-state index is 6.17. The first kappa shape index (κ1) is 16.6. The number of ether oxygens (including phenoxy) is 1. The molecule has 21 heavy (non-hydrogen) atoms. The second kappa shape index (κ2) is 8.01. The molecule has 0 aliphatic heterocycles. The molecule has 0 fully saturated rings. The van der Waals surface area contributed by atoms with Crippen molar-refractivity contribution in [2.24, 2.45) is 0 Å². The summed E-state index contributed by atoms with van der Waals surface area (Å²) in [5, 5.41) is 3.84. The monoisotopic (exact) mass is 432 g/mol. The van der Waals surface area contributed by atoms with E-state index in [1.807, 2.05) is 30.3 Å². The summed E-state index contributed by atoms with van der Waals surface area (Å²) >= 11 is 13.0. The third-order valence-electron chi connectivity index (χ3n) is 2.73. The van der Waals surface area contributed by atoms with Crippen LogP contribution >= 0.6 is 43.5 Å². The lowest BCUT2D eigenvalue weighted by Crippen LogP contribution is -2.05. The van der Waals surface area contributed by atoms with E-state index in [-0.39, 0.29) is 0 Å². The summed E-state index contributed by atoms with van der Waals surface area (Å²) in [7, 11) is 0. The summed E-state index contributed by atoms with van der Waals surface area (Å²) in [6.07, 6.45) is 1.04. The van der Waals surface area contributed by atoms with Crippen LogP contribution in [0.25, 0.3) is 0 Å². The molecule has 2 aromatic rings. The molecule has 2 rings (SSSR count). The Kier molecular flexibility index (Phi) is 6.33. The number of rotatable bonds is 6. The lowest BCUT2D eigenvalue weighted by Gasteiger charge is -2.11. The molecular formula is C15H15Br2ClN2O. The molecule has 1 N–H and O–H groups in total. The number of benzene rings is 1. The summed E-state index contributed by atoms with van der Waals surface area (Å²) in [6, 6.07) is 9.46. The van der Waals surface area contributed by atoms with Gasteiger partial charge in [-0.2, -0.15) is 0 Å². The van der Waals surface area contributed by atoms with Gasteiger partial charge < -0.3 is 10.1 Å². The molecule has 0 amide bonds. The average molecular weight is 435 g/mol. The summed E-state index contributed by atoms with van der Waals surface area (Å²) in [5.41, 5.74) is 0.715. The molecule has 0 bridgehead atoms. The van der Waals surface area contributed by atoms with Crippen LogP contribution in [-0.2, 0) is 6.61 Å². The summed E-state index contributed by atoms with van der Waals surface area (Å²) in [6.45, 7) is 3.31. The van der Waals surface area contributed by atoms with E-state index in [0.29, 0.717) is 17.3 Å². The van der Waals surface area contributed by atoms with Gasteiger partial charge >= 0.3 is 0 Å². The fourth-order valence-corrected chi connectivity index (χ4v) is 3.00. The molecule has 1 heterocycles. The number of halogens is 3. The highest BCUT2D eigenvalue weighted by Crippen LogP contribution is 2.29. The third-order valence-corrected chi connectivity index (χ3v) is 4.19. The molecule has 112 valence electrons. The van der Waals surface area contributed by atoms with E-state index in [2.05, 4.69) is 49.1 Å². The Bertz CT molecular complexity index is 623. The Morgan fingerprint density at radius 1 is 1.24 bits per heavy atom. The van der Waals surface area contributed by atoms with E-state index in [9.17, 15) is 0 Å². The zero-order chi connectivity index (χ0) is 15.2. The maximum atomic E-state index is 6.17. The van der Waals surface area contributed by atoms with Gasteiger partial charge in [0.15, 0.2) is 0 Å². The molecule has 6 heteroatoms. The molecule has 3 nitrogen and oxygen atoms in total. The molecule has 0 saturated heterocycles. The van der Waals surface area contributed by atoms with Gasteiger partial charge in [-0.1, -0.05) is 34.5 Å². The van der Waals surface area contributed by atoms with Crippen LogP contribution < -0.4 is 10.1 Å². The van der Waals surface area contributed by atoms with Crippen molar-refractivity contribution in [2.75, 3.05) is 11.9 Å². The van der Waals surface area contributed by atoms with Crippen LogP contribution in [0, 0.1) is 0 Å². The lowest BCUT2D eigenvalue weighted by atomic mass is 10.3. The Labute approximate surface area is 146 Å². The van der Waals surface area contributed by atoms with Gasteiger partial charge in [-0.15, -0.1) is 0 Å². The minimum Gasteiger partial charge on any atom is -0.486 e. The van der Waals surface area contributed by atoms with Crippen molar-refractivity contribution < 1.29 is 4.74 Å². The smallest absolute Gasteiger partial charge is 0.134 e. The predicted octanol–water partition coefficient (Wildman–Crippen LogP) is 5.66. The zero-order valence-corrected chi connectivity index (χ0v) is 15.4.